The Morgan fingerprint density at radius 3 is 2.06 bits per heavy atom. The van der Waals surface area contributed by atoms with Crippen LogP contribution in [0.4, 0.5) is 0 Å². The average Bonchev–Trinajstić information content (AvgIpc) is 3.95. The molecule has 3 aliphatic rings. The number of aliphatic imine (C=N–C) groups is 1. The minimum atomic E-state index is -1.45. The van der Waals surface area contributed by atoms with E-state index in [-0.39, 0.29) is 37.2 Å². The van der Waals surface area contributed by atoms with E-state index >= 15 is 0 Å². The van der Waals surface area contributed by atoms with Crippen molar-refractivity contribution >= 4 is 47.4 Å². The molecule has 0 aliphatic carbocycles. The van der Waals surface area contributed by atoms with Crippen LogP contribution in [-0.4, -0.2) is 148 Å². The SMILES string of the molecule is NC(N)=NCCC[C@@H](N)C(=O)N1CCC[C@@H]1C(=O)N1CCC[C@@H]1C(=O)NCC(=O)N[C@@H](Cc1ccccc1)C(=O)N[C@H](CO)C(=O)N1CCC[C@H]1C(=O)O. The van der Waals surface area contributed by atoms with Crippen LogP contribution in [0.2, 0.25) is 0 Å². The van der Waals surface area contributed by atoms with Crippen LogP contribution < -0.4 is 33.2 Å². The first-order valence-electron chi connectivity index (χ1n) is 18.3. The highest BCUT2D eigenvalue weighted by atomic mass is 16.4. The Hall–Kier alpha value is -5.30. The molecular formula is C35H52N10O9. The fourth-order valence-corrected chi connectivity index (χ4v) is 7.17. The number of guanidine groups is 1. The third kappa shape index (κ3) is 10.9. The number of aliphatic hydroxyl groups is 1. The molecule has 4 rings (SSSR count). The van der Waals surface area contributed by atoms with Crippen molar-refractivity contribution in [1.29, 1.82) is 0 Å². The second-order valence-corrected chi connectivity index (χ2v) is 13.7. The van der Waals surface area contributed by atoms with Crippen molar-refractivity contribution in [3.05, 3.63) is 35.9 Å². The number of carboxylic acids is 1. The Bertz CT molecular complexity index is 1560. The molecule has 6 amide bonds. The van der Waals surface area contributed by atoms with Crippen molar-refractivity contribution in [3.63, 3.8) is 0 Å². The van der Waals surface area contributed by atoms with Gasteiger partial charge in [-0.3, -0.25) is 33.8 Å². The van der Waals surface area contributed by atoms with Gasteiger partial charge in [-0.15, -0.1) is 0 Å². The van der Waals surface area contributed by atoms with Crippen molar-refractivity contribution in [2.24, 2.45) is 22.2 Å². The molecule has 19 heteroatoms. The maximum absolute atomic E-state index is 13.7. The van der Waals surface area contributed by atoms with E-state index in [9.17, 15) is 43.8 Å². The van der Waals surface area contributed by atoms with E-state index in [1.54, 1.807) is 30.3 Å². The zero-order valence-corrected chi connectivity index (χ0v) is 30.2. The second-order valence-electron chi connectivity index (χ2n) is 13.7. The molecule has 3 aliphatic heterocycles. The molecule has 0 radical (unpaired) electrons. The van der Waals surface area contributed by atoms with E-state index in [2.05, 4.69) is 20.9 Å². The van der Waals surface area contributed by atoms with Crippen LogP contribution in [0.25, 0.3) is 0 Å². The molecule has 54 heavy (non-hydrogen) atoms. The van der Waals surface area contributed by atoms with Crippen molar-refractivity contribution < 1.29 is 43.8 Å². The van der Waals surface area contributed by atoms with Gasteiger partial charge in [-0.25, -0.2) is 4.79 Å². The highest BCUT2D eigenvalue weighted by Crippen LogP contribution is 2.26. The van der Waals surface area contributed by atoms with Gasteiger partial charge in [-0.05, 0) is 56.9 Å². The van der Waals surface area contributed by atoms with Crippen LogP contribution in [0.1, 0.15) is 56.9 Å². The normalized spacial score (nSPS) is 21.1. The van der Waals surface area contributed by atoms with Gasteiger partial charge in [0.05, 0.1) is 19.2 Å². The lowest BCUT2D eigenvalue weighted by molar-refractivity contribution is -0.150. The highest BCUT2D eigenvalue weighted by Gasteiger charge is 2.43. The Kier molecular flexibility index (Phi) is 15.1. The number of hydrogen-bond acceptors (Lipinski definition) is 10. The monoisotopic (exact) mass is 756 g/mol. The summed E-state index contributed by atoms with van der Waals surface area (Å²) in [6.45, 7) is -0.212. The van der Waals surface area contributed by atoms with Gasteiger partial charge >= 0.3 is 5.97 Å². The number of likely N-dealkylation sites (tertiary alicyclic amines) is 3. The van der Waals surface area contributed by atoms with Crippen molar-refractivity contribution in [1.82, 2.24) is 30.7 Å². The van der Waals surface area contributed by atoms with Crippen LogP contribution in [0.15, 0.2) is 35.3 Å². The fourth-order valence-electron chi connectivity index (χ4n) is 7.17. The summed E-state index contributed by atoms with van der Waals surface area (Å²) in [6, 6.07) is 2.47. The number of hydrogen-bond donors (Lipinski definition) is 8. The van der Waals surface area contributed by atoms with Crippen LogP contribution in [-0.2, 0) is 40.0 Å². The largest absolute Gasteiger partial charge is 0.480 e. The number of rotatable bonds is 17. The van der Waals surface area contributed by atoms with Gasteiger partial charge in [0.25, 0.3) is 0 Å². The van der Waals surface area contributed by atoms with Gasteiger partial charge in [-0.2, -0.15) is 0 Å². The van der Waals surface area contributed by atoms with Gasteiger partial charge in [0.15, 0.2) is 5.96 Å². The lowest BCUT2D eigenvalue weighted by Gasteiger charge is -2.32. The molecule has 6 atom stereocenters. The van der Waals surface area contributed by atoms with Crippen molar-refractivity contribution in [2.45, 2.75) is 94.0 Å². The van der Waals surface area contributed by atoms with E-state index in [1.807, 2.05) is 0 Å². The molecule has 3 fully saturated rings. The maximum Gasteiger partial charge on any atom is 0.326 e. The predicted molar refractivity (Wildman–Crippen MR) is 194 cm³/mol. The van der Waals surface area contributed by atoms with E-state index in [4.69, 9.17) is 17.2 Å². The zero-order chi connectivity index (χ0) is 39.4. The number of aliphatic carboxylic acids is 1. The van der Waals surface area contributed by atoms with Gasteiger partial charge in [0.1, 0.15) is 30.2 Å². The molecule has 296 valence electrons. The summed E-state index contributed by atoms with van der Waals surface area (Å²) in [7, 11) is 0. The third-order valence-corrected chi connectivity index (χ3v) is 9.92. The summed E-state index contributed by atoms with van der Waals surface area (Å²) >= 11 is 0. The zero-order valence-electron chi connectivity index (χ0n) is 30.2. The number of amides is 6. The first-order valence-corrected chi connectivity index (χ1v) is 18.3. The lowest BCUT2D eigenvalue weighted by atomic mass is 10.0. The molecule has 3 heterocycles. The Morgan fingerprint density at radius 2 is 1.43 bits per heavy atom. The van der Waals surface area contributed by atoms with Crippen LogP contribution in [0.3, 0.4) is 0 Å². The topological polar surface area (TPSA) is 296 Å². The molecular weight excluding hydrogens is 704 g/mol. The smallest absolute Gasteiger partial charge is 0.326 e. The molecule has 19 nitrogen and oxygen atoms in total. The van der Waals surface area contributed by atoms with Crippen LogP contribution >= 0.6 is 0 Å². The van der Waals surface area contributed by atoms with Gasteiger partial charge in [-0.1, -0.05) is 30.3 Å². The minimum absolute atomic E-state index is 0.00159. The first kappa shape index (κ1) is 41.5. The molecule has 0 saturated carbocycles. The number of benzene rings is 1. The summed E-state index contributed by atoms with van der Waals surface area (Å²) in [5.41, 5.74) is 17.5. The number of nitrogens with two attached hydrogens (primary N) is 3. The van der Waals surface area contributed by atoms with Crippen LogP contribution in [0.5, 0.6) is 0 Å². The molecule has 0 spiro atoms. The quantitative estimate of drug-likeness (QED) is 0.0442. The number of nitrogens with zero attached hydrogens (tertiary/aromatic N) is 4. The number of carbonyl (C=O) groups is 7. The Morgan fingerprint density at radius 1 is 0.815 bits per heavy atom. The maximum atomic E-state index is 13.7. The second kappa shape index (κ2) is 19.7. The predicted octanol–water partition coefficient (Wildman–Crippen LogP) is -3.25. The standard InChI is InChI=1S/C35H52N10O9/c36-22(10-4-14-39-35(37)38)31(50)44-16-6-12-26(44)33(52)43-15-5-11-25(43)30(49)40-19-28(47)41-23(18-21-8-2-1-3-9-21)29(48)42-24(20-46)32(51)45-17-7-13-27(45)34(53)54/h1-3,8-9,22-27,46H,4-7,10-20,36H2,(H,40,49)(H,41,47)(H,42,48)(H,53,54)(H4,37,38,39)/t22-,23+,24-,25-,26-,27+/m1/s1. The first-order chi connectivity index (χ1) is 25.8. The summed E-state index contributed by atoms with van der Waals surface area (Å²) in [6.07, 6.45) is 3.41. The molecule has 1 aromatic rings. The number of aliphatic hydroxyl groups excluding tert-OH is 1. The van der Waals surface area contributed by atoms with Gasteiger partial charge in [0.2, 0.25) is 35.4 Å². The average molecular weight is 757 g/mol. The highest BCUT2D eigenvalue weighted by molar-refractivity contribution is 5.96. The molecule has 1 aromatic carbocycles. The van der Waals surface area contributed by atoms with E-state index in [1.165, 1.54) is 9.80 Å². The summed E-state index contributed by atoms with van der Waals surface area (Å²) in [4.78, 5) is 99.6. The van der Waals surface area contributed by atoms with Gasteiger partial charge in [0, 0.05) is 32.6 Å². The minimum Gasteiger partial charge on any atom is -0.480 e. The molecule has 0 aromatic heterocycles. The summed E-state index contributed by atoms with van der Waals surface area (Å²) < 4.78 is 0. The van der Waals surface area contributed by atoms with Crippen molar-refractivity contribution in [3.8, 4) is 0 Å². The lowest BCUT2D eigenvalue weighted by Crippen LogP contribution is -2.58. The summed E-state index contributed by atoms with van der Waals surface area (Å²) in [5, 5.41) is 27.1. The third-order valence-electron chi connectivity index (χ3n) is 9.92. The van der Waals surface area contributed by atoms with E-state index in [0.717, 1.165) is 4.90 Å². The summed E-state index contributed by atoms with van der Waals surface area (Å²) in [5.74, 6) is -4.83. The number of carbonyl (C=O) groups excluding carboxylic acids is 6. The number of carboxylic acid groups (broad SMARTS) is 1. The number of nitrogens with one attached hydrogen (secondary N) is 3. The van der Waals surface area contributed by atoms with E-state index < -0.39 is 79.0 Å². The molecule has 3 saturated heterocycles. The Balaban J connectivity index is 1.35. The Labute approximate surface area is 313 Å². The molecule has 0 unspecified atom stereocenters. The van der Waals surface area contributed by atoms with Crippen molar-refractivity contribution in [2.75, 3.05) is 39.3 Å². The van der Waals surface area contributed by atoms with E-state index in [0.29, 0.717) is 70.1 Å². The molecule has 11 N–H and O–H groups in total. The van der Waals surface area contributed by atoms with Crippen LogP contribution in [0, 0.1) is 0 Å². The van der Waals surface area contributed by atoms with Gasteiger partial charge < -0.3 is 58.1 Å². The molecule has 0 bridgehead atoms. The fraction of sp³-hybridized carbons (Fsp3) is 0.600.